The van der Waals surface area contributed by atoms with Gasteiger partial charge in [0.05, 0.1) is 25.4 Å². The first kappa shape index (κ1) is 22.7. The van der Waals surface area contributed by atoms with Crippen molar-refractivity contribution in [1.29, 1.82) is 0 Å². The van der Waals surface area contributed by atoms with Gasteiger partial charge in [-0.25, -0.2) is 0 Å². The number of benzene rings is 1. The molecule has 0 aliphatic carbocycles. The van der Waals surface area contributed by atoms with Crippen molar-refractivity contribution >= 4 is 40.2 Å². The number of aromatic nitrogens is 1. The van der Waals surface area contributed by atoms with Gasteiger partial charge in [0.1, 0.15) is 11.8 Å². The Morgan fingerprint density at radius 2 is 1.82 bits per heavy atom. The fourth-order valence-corrected chi connectivity index (χ4v) is 4.94. The van der Waals surface area contributed by atoms with E-state index in [1.54, 1.807) is 36.5 Å². The number of anilines is 1. The number of thiophene rings is 2. The quantitative estimate of drug-likeness (QED) is 0.374. The molecule has 0 fully saturated rings. The second kappa shape index (κ2) is 10.9. The summed E-state index contributed by atoms with van der Waals surface area (Å²) in [6.07, 6.45) is 3.47. The highest BCUT2D eigenvalue weighted by Crippen LogP contribution is 2.31. The first-order valence-electron chi connectivity index (χ1n) is 10.3. The Hall–Kier alpha value is -3.49. The van der Waals surface area contributed by atoms with Crippen LogP contribution in [0.3, 0.4) is 0 Å². The largest absolute Gasteiger partial charge is 0.497 e. The SMILES string of the molecule is COc1ccc(CNC(=O)C(c2cccs2)N(C(=O)Cc2cccs2)c2cccnc2)cc1. The number of carbonyl (C=O) groups excluding carboxylic acids is 2. The number of amides is 2. The molecule has 0 aliphatic heterocycles. The molecule has 0 saturated heterocycles. The van der Waals surface area contributed by atoms with Crippen LogP contribution in [0.1, 0.15) is 21.4 Å². The molecule has 8 heteroatoms. The van der Waals surface area contributed by atoms with Crippen LogP contribution in [0.2, 0.25) is 0 Å². The summed E-state index contributed by atoms with van der Waals surface area (Å²) in [5, 5.41) is 6.85. The third kappa shape index (κ3) is 5.66. The van der Waals surface area contributed by atoms with Gasteiger partial charge in [0, 0.05) is 22.5 Å². The van der Waals surface area contributed by atoms with Gasteiger partial charge < -0.3 is 10.1 Å². The van der Waals surface area contributed by atoms with Gasteiger partial charge in [-0.3, -0.25) is 19.5 Å². The summed E-state index contributed by atoms with van der Waals surface area (Å²) in [5.41, 5.74) is 1.52. The Bertz CT molecular complexity index is 1160. The predicted molar refractivity (Wildman–Crippen MR) is 132 cm³/mol. The van der Waals surface area contributed by atoms with Gasteiger partial charge >= 0.3 is 0 Å². The molecule has 4 aromatic rings. The van der Waals surface area contributed by atoms with Gasteiger partial charge in [-0.2, -0.15) is 0 Å². The smallest absolute Gasteiger partial charge is 0.248 e. The maximum Gasteiger partial charge on any atom is 0.248 e. The Morgan fingerprint density at radius 1 is 1.03 bits per heavy atom. The van der Waals surface area contributed by atoms with Gasteiger partial charge in [0.25, 0.3) is 0 Å². The zero-order valence-corrected chi connectivity index (χ0v) is 19.6. The standard InChI is InChI=1S/C25H23N3O3S2/c1-31-20-10-8-18(9-11-20)16-27-25(30)24(22-7-4-14-33-22)28(19-5-2-12-26-17-19)23(29)15-21-6-3-13-32-21/h2-14,17,24H,15-16H2,1H3,(H,27,30). The summed E-state index contributed by atoms with van der Waals surface area (Å²) in [6.45, 7) is 0.338. The molecule has 4 rings (SSSR count). The number of rotatable bonds is 9. The van der Waals surface area contributed by atoms with E-state index < -0.39 is 6.04 Å². The molecule has 0 bridgehead atoms. The van der Waals surface area contributed by atoms with Crippen molar-refractivity contribution < 1.29 is 14.3 Å². The summed E-state index contributed by atoms with van der Waals surface area (Å²) >= 11 is 2.97. The molecule has 168 valence electrons. The highest BCUT2D eigenvalue weighted by Gasteiger charge is 2.33. The van der Waals surface area contributed by atoms with E-state index in [1.807, 2.05) is 59.3 Å². The minimum atomic E-state index is -0.806. The molecule has 3 aromatic heterocycles. The highest BCUT2D eigenvalue weighted by molar-refractivity contribution is 7.10. The summed E-state index contributed by atoms with van der Waals surface area (Å²) in [7, 11) is 1.61. The molecular weight excluding hydrogens is 454 g/mol. The van der Waals surface area contributed by atoms with E-state index in [0.717, 1.165) is 21.1 Å². The number of carbonyl (C=O) groups is 2. The molecule has 1 N–H and O–H groups in total. The number of hydrogen-bond acceptors (Lipinski definition) is 6. The average Bonchev–Trinajstić information content (AvgIpc) is 3.56. The van der Waals surface area contributed by atoms with Crippen molar-refractivity contribution in [2.75, 3.05) is 12.0 Å². The Balaban J connectivity index is 1.63. The minimum Gasteiger partial charge on any atom is -0.497 e. The molecule has 33 heavy (non-hydrogen) atoms. The molecule has 1 atom stereocenters. The van der Waals surface area contributed by atoms with Gasteiger partial charge in [0.15, 0.2) is 0 Å². The van der Waals surface area contributed by atoms with Crippen LogP contribution in [0, 0.1) is 0 Å². The van der Waals surface area contributed by atoms with Crippen molar-refractivity contribution in [2.24, 2.45) is 0 Å². The van der Waals surface area contributed by atoms with E-state index in [9.17, 15) is 9.59 Å². The Kier molecular flexibility index (Phi) is 7.49. The third-order valence-corrected chi connectivity index (χ3v) is 6.84. The van der Waals surface area contributed by atoms with Crippen molar-refractivity contribution in [2.45, 2.75) is 19.0 Å². The van der Waals surface area contributed by atoms with Gasteiger partial charge in [0.2, 0.25) is 11.8 Å². The van der Waals surface area contributed by atoms with Crippen LogP contribution in [0.15, 0.2) is 83.8 Å². The summed E-state index contributed by atoms with van der Waals surface area (Å²) in [6, 6.07) is 17.9. The molecule has 6 nitrogen and oxygen atoms in total. The lowest BCUT2D eigenvalue weighted by Gasteiger charge is -2.30. The topological polar surface area (TPSA) is 71.5 Å². The number of pyridine rings is 1. The third-order valence-electron chi connectivity index (χ3n) is 5.04. The zero-order chi connectivity index (χ0) is 23.0. The highest BCUT2D eigenvalue weighted by atomic mass is 32.1. The molecule has 2 amide bonds. The molecule has 0 radical (unpaired) electrons. The van der Waals surface area contributed by atoms with Crippen LogP contribution in [0.25, 0.3) is 0 Å². The van der Waals surface area contributed by atoms with E-state index in [0.29, 0.717) is 12.2 Å². The minimum absolute atomic E-state index is 0.163. The van der Waals surface area contributed by atoms with Gasteiger partial charge in [-0.05, 0) is 52.7 Å². The van der Waals surface area contributed by atoms with E-state index in [1.165, 1.54) is 22.7 Å². The maximum absolute atomic E-state index is 13.5. The summed E-state index contributed by atoms with van der Waals surface area (Å²) in [5.74, 6) is 0.337. The van der Waals surface area contributed by atoms with Gasteiger partial charge in [-0.15, -0.1) is 22.7 Å². The lowest BCUT2D eigenvalue weighted by atomic mass is 10.1. The van der Waals surface area contributed by atoms with Crippen LogP contribution in [-0.4, -0.2) is 23.9 Å². The fourth-order valence-electron chi connectivity index (χ4n) is 3.43. The van der Waals surface area contributed by atoms with Gasteiger partial charge in [-0.1, -0.05) is 24.3 Å². The van der Waals surface area contributed by atoms with Crippen molar-refractivity contribution in [3.05, 3.63) is 99.1 Å². The lowest BCUT2D eigenvalue weighted by molar-refractivity contribution is -0.126. The van der Waals surface area contributed by atoms with Crippen molar-refractivity contribution in [3.8, 4) is 5.75 Å². The Labute approximate surface area is 200 Å². The number of hydrogen-bond donors (Lipinski definition) is 1. The zero-order valence-electron chi connectivity index (χ0n) is 18.0. The number of ether oxygens (including phenoxy) is 1. The van der Waals surface area contributed by atoms with E-state index in [2.05, 4.69) is 10.3 Å². The van der Waals surface area contributed by atoms with E-state index in [4.69, 9.17) is 4.74 Å². The fraction of sp³-hybridized carbons (Fsp3) is 0.160. The second-order valence-electron chi connectivity index (χ2n) is 7.21. The number of nitrogens with one attached hydrogen (secondary N) is 1. The first-order valence-corrected chi connectivity index (χ1v) is 12.1. The van der Waals surface area contributed by atoms with Crippen LogP contribution in [0.5, 0.6) is 5.75 Å². The first-order chi connectivity index (χ1) is 16.2. The number of methoxy groups -OCH3 is 1. The van der Waals surface area contributed by atoms with E-state index >= 15 is 0 Å². The molecule has 0 aliphatic rings. The molecule has 1 unspecified atom stereocenters. The van der Waals surface area contributed by atoms with E-state index in [-0.39, 0.29) is 18.2 Å². The van der Waals surface area contributed by atoms with Crippen LogP contribution >= 0.6 is 22.7 Å². The molecule has 3 heterocycles. The molecule has 0 spiro atoms. The Morgan fingerprint density at radius 3 is 2.45 bits per heavy atom. The molecule has 1 aromatic carbocycles. The monoisotopic (exact) mass is 477 g/mol. The predicted octanol–water partition coefficient (Wildman–Crippen LogP) is 4.85. The molecular formula is C25H23N3O3S2. The maximum atomic E-state index is 13.5. The average molecular weight is 478 g/mol. The van der Waals surface area contributed by atoms with Crippen molar-refractivity contribution in [1.82, 2.24) is 10.3 Å². The molecule has 0 saturated carbocycles. The second-order valence-corrected chi connectivity index (χ2v) is 9.23. The lowest BCUT2D eigenvalue weighted by Crippen LogP contribution is -2.44. The number of nitrogens with zero attached hydrogens (tertiary/aromatic N) is 2. The van der Waals surface area contributed by atoms with Crippen molar-refractivity contribution in [3.63, 3.8) is 0 Å². The van der Waals surface area contributed by atoms with Crippen LogP contribution < -0.4 is 15.0 Å². The normalized spacial score (nSPS) is 11.5. The van der Waals surface area contributed by atoms with Crippen LogP contribution in [-0.2, 0) is 22.6 Å². The summed E-state index contributed by atoms with van der Waals surface area (Å²) in [4.78, 5) is 34.5. The summed E-state index contributed by atoms with van der Waals surface area (Å²) < 4.78 is 5.20. The van der Waals surface area contributed by atoms with Crippen LogP contribution in [0.4, 0.5) is 5.69 Å².